The molecule has 0 aromatic carbocycles. The van der Waals surface area contributed by atoms with Crippen molar-refractivity contribution in [1.82, 2.24) is 19.9 Å². The van der Waals surface area contributed by atoms with Crippen LogP contribution in [0.15, 0.2) is 0 Å². The van der Waals surface area contributed by atoms with Crippen molar-refractivity contribution in [2.75, 3.05) is 57.6 Å². The number of likely N-dealkylation sites (N-methyl/N-ethyl adjacent to an activating group) is 1. The zero-order valence-electron chi connectivity index (χ0n) is 12.4. The van der Waals surface area contributed by atoms with Crippen LogP contribution in [0.3, 0.4) is 0 Å². The van der Waals surface area contributed by atoms with Gasteiger partial charge in [0.05, 0.1) is 0 Å². The second-order valence-corrected chi connectivity index (χ2v) is 5.23. The van der Waals surface area contributed by atoms with E-state index in [-0.39, 0.29) is 5.28 Å². The molecule has 0 spiro atoms. The Morgan fingerprint density at radius 1 is 0.895 bits per heavy atom. The molecule has 0 saturated heterocycles. The fourth-order valence-electron chi connectivity index (χ4n) is 1.57. The molecule has 0 bridgehead atoms. The van der Waals surface area contributed by atoms with Crippen LogP contribution < -0.4 is 9.80 Å². The minimum absolute atomic E-state index is 0.236. The van der Waals surface area contributed by atoms with Crippen molar-refractivity contribution in [3.63, 3.8) is 0 Å². The number of halogens is 1. The van der Waals surface area contributed by atoms with Crippen molar-refractivity contribution in [2.45, 2.75) is 13.3 Å². The molecule has 0 unspecified atom stereocenters. The third-order valence-electron chi connectivity index (χ3n) is 2.58. The van der Waals surface area contributed by atoms with E-state index in [0.717, 1.165) is 26.1 Å². The van der Waals surface area contributed by atoms with Crippen LogP contribution in [-0.2, 0) is 0 Å². The maximum absolute atomic E-state index is 5.98. The molecule has 1 rings (SSSR count). The largest absolute Gasteiger partial charge is 0.347 e. The Morgan fingerprint density at radius 2 is 1.53 bits per heavy atom. The van der Waals surface area contributed by atoms with Crippen molar-refractivity contribution in [2.24, 2.45) is 0 Å². The van der Waals surface area contributed by atoms with Crippen LogP contribution in [0.5, 0.6) is 0 Å². The molecular formula is C12H23ClN6. The number of nitrogens with zero attached hydrogens (tertiary/aromatic N) is 6. The van der Waals surface area contributed by atoms with Crippen molar-refractivity contribution >= 4 is 23.5 Å². The van der Waals surface area contributed by atoms with Crippen LogP contribution in [0, 0.1) is 0 Å². The molecule has 1 aromatic heterocycles. The first kappa shape index (κ1) is 15.9. The van der Waals surface area contributed by atoms with Gasteiger partial charge in [0.2, 0.25) is 17.2 Å². The Bertz CT molecular complexity index is 396. The molecular weight excluding hydrogens is 264 g/mol. The maximum atomic E-state index is 5.98. The van der Waals surface area contributed by atoms with Crippen LogP contribution in [-0.4, -0.2) is 67.7 Å². The van der Waals surface area contributed by atoms with Crippen molar-refractivity contribution in [3.8, 4) is 0 Å². The van der Waals surface area contributed by atoms with E-state index in [1.807, 2.05) is 19.0 Å². The van der Waals surface area contributed by atoms with E-state index in [1.165, 1.54) is 0 Å². The van der Waals surface area contributed by atoms with E-state index in [2.05, 4.69) is 45.8 Å². The lowest BCUT2D eigenvalue weighted by Gasteiger charge is -2.24. The first-order valence-electron chi connectivity index (χ1n) is 6.42. The van der Waals surface area contributed by atoms with Crippen molar-refractivity contribution in [1.29, 1.82) is 0 Å². The summed E-state index contributed by atoms with van der Waals surface area (Å²) in [6.45, 7) is 4.86. The first-order chi connectivity index (χ1) is 8.93. The monoisotopic (exact) mass is 286 g/mol. The topological polar surface area (TPSA) is 48.4 Å². The lowest BCUT2D eigenvalue weighted by molar-refractivity contribution is 0.411. The zero-order valence-corrected chi connectivity index (χ0v) is 13.1. The summed E-state index contributed by atoms with van der Waals surface area (Å²) >= 11 is 5.98. The van der Waals surface area contributed by atoms with Gasteiger partial charge in [-0.3, -0.25) is 0 Å². The summed E-state index contributed by atoms with van der Waals surface area (Å²) < 4.78 is 0. The molecule has 7 heteroatoms. The van der Waals surface area contributed by atoms with E-state index in [0.29, 0.717) is 11.9 Å². The van der Waals surface area contributed by atoms with Gasteiger partial charge in [-0.05, 0) is 32.1 Å². The summed E-state index contributed by atoms with van der Waals surface area (Å²) in [7, 11) is 7.88. The molecule has 108 valence electrons. The minimum atomic E-state index is 0.236. The standard InChI is InChI=1S/C12H23ClN6/c1-6-7-19(9-8-17(2)3)12-15-10(13)14-11(16-12)18(4)5/h6-9H2,1-5H3. The third-order valence-corrected chi connectivity index (χ3v) is 2.75. The Kier molecular flexibility index (Phi) is 6.24. The summed E-state index contributed by atoms with van der Waals surface area (Å²) in [4.78, 5) is 18.9. The van der Waals surface area contributed by atoms with Gasteiger partial charge >= 0.3 is 0 Å². The highest BCUT2D eigenvalue weighted by molar-refractivity contribution is 6.28. The van der Waals surface area contributed by atoms with Crippen LogP contribution in [0.25, 0.3) is 0 Å². The summed E-state index contributed by atoms with van der Waals surface area (Å²) in [6.07, 6.45) is 1.04. The number of anilines is 2. The minimum Gasteiger partial charge on any atom is -0.347 e. The van der Waals surface area contributed by atoms with Gasteiger partial charge in [0.1, 0.15) is 0 Å². The molecule has 1 aromatic rings. The highest BCUT2D eigenvalue weighted by atomic mass is 35.5. The molecule has 0 amide bonds. The zero-order chi connectivity index (χ0) is 14.4. The van der Waals surface area contributed by atoms with Gasteiger partial charge in [0.15, 0.2) is 0 Å². The van der Waals surface area contributed by atoms with Gasteiger partial charge in [0.25, 0.3) is 0 Å². The summed E-state index contributed by atoms with van der Waals surface area (Å²) in [5.74, 6) is 1.23. The predicted molar refractivity (Wildman–Crippen MR) is 80.2 cm³/mol. The molecule has 0 N–H and O–H groups in total. The van der Waals surface area contributed by atoms with E-state index < -0.39 is 0 Å². The highest BCUT2D eigenvalue weighted by Crippen LogP contribution is 2.15. The summed E-state index contributed by atoms with van der Waals surface area (Å²) in [6, 6.07) is 0. The molecule has 0 saturated carbocycles. The molecule has 0 aliphatic carbocycles. The third kappa shape index (κ3) is 5.16. The molecule has 0 aliphatic heterocycles. The second-order valence-electron chi connectivity index (χ2n) is 4.89. The Balaban J connectivity index is 2.94. The number of aromatic nitrogens is 3. The van der Waals surface area contributed by atoms with Gasteiger partial charge in [-0.25, -0.2) is 0 Å². The maximum Gasteiger partial charge on any atom is 0.231 e. The second kappa shape index (κ2) is 7.45. The summed E-state index contributed by atoms with van der Waals surface area (Å²) in [5.41, 5.74) is 0. The van der Waals surface area contributed by atoms with Crippen LogP contribution in [0.4, 0.5) is 11.9 Å². The SMILES string of the molecule is CCCN(CCN(C)C)c1nc(Cl)nc(N(C)C)n1. The fourth-order valence-corrected chi connectivity index (χ4v) is 1.72. The smallest absolute Gasteiger partial charge is 0.231 e. The molecule has 0 aliphatic rings. The predicted octanol–water partition coefficient (Wildman–Crippen LogP) is 1.37. The fraction of sp³-hybridized carbons (Fsp3) is 0.750. The first-order valence-corrected chi connectivity index (χ1v) is 6.80. The molecule has 6 nitrogen and oxygen atoms in total. The summed E-state index contributed by atoms with van der Waals surface area (Å²) in [5, 5.41) is 0.236. The van der Waals surface area contributed by atoms with Crippen LogP contribution in [0.1, 0.15) is 13.3 Å². The normalized spacial score (nSPS) is 10.9. The number of hydrogen-bond donors (Lipinski definition) is 0. The van der Waals surface area contributed by atoms with Gasteiger partial charge in [-0.1, -0.05) is 6.92 Å². The van der Waals surface area contributed by atoms with E-state index in [4.69, 9.17) is 11.6 Å². The Morgan fingerprint density at radius 3 is 2.05 bits per heavy atom. The van der Waals surface area contributed by atoms with Crippen molar-refractivity contribution in [3.05, 3.63) is 5.28 Å². The average molecular weight is 287 g/mol. The van der Waals surface area contributed by atoms with Gasteiger partial charge in [-0.15, -0.1) is 0 Å². The van der Waals surface area contributed by atoms with Crippen LogP contribution in [0.2, 0.25) is 5.28 Å². The molecule has 19 heavy (non-hydrogen) atoms. The molecule has 0 radical (unpaired) electrons. The van der Waals surface area contributed by atoms with Gasteiger partial charge in [0, 0.05) is 33.7 Å². The number of rotatable bonds is 7. The van der Waals surface area contributed by atoms with Gasteiger partial charge in [-0.2, -0.15) is 15.0 Å². The number of hydrogen-bond acceptors (Lipinski definition) is 6. The van der Waals surface area contributed by atoms with E-state index in [9.17, 15) is 0 Å². The Labute approximate surface area is 120 Å². The molecule has 0 atom stereocenters. The van der Waals surface area contributed by atoms with E-state index in [1.54, 1.807) is 0 Å². The quantitative estimate of drug-likeness (QED) is 0.754. The lowest BCUT2D eigenvalue weighted by atomic mass is 10.4. The molecule has 1 heterocycles. The van der Waals surface area contributed by atoms with E-state index >= 15 is 0 Å². The van der Waals surface area contributed by atoms with Gasteiger partial charge < -0.3 is 14.7 Å². The van der Waals surface area contributed by atoms with Crippen LogP contribution >= 0.6 is 11.6 Å². The average Bonchev–Trinajstić information content (AvgIpc) is 2.33. The highest BCUT2D eigenvalue weighted by Gasteiger charge is 2.13. The Hall–Kier alpha value is -1.14. The van der Waals surface area contributed by atoms with Crippen molar-refractivity contribution < 1.29 is 0 Å². The molecule has 0 fully saturated rings. The lowest BCUT2D eigenvalue weighted by Crippen LogP contribution is -2.34.